The third-order valence-corrected chi connectivity index (χ3v) is 5.86. The fourth-order valence-electron chi connectivity index (χ4n) is 4.34. The smallest absolute Gasteiger partial charge is 0.307 e. The van der Waals surface area contributed by atoms with E-state index in [1.54, 1.807) is 0 Å². The van der Waals surface area contributed by atoms with Crippen molar-refractivity contribution in [2.24, 2.45) is 29.1 Å². The Morgan fingerprint density at radius 1 is 1.29 bits per heavy atom. The van der Waals surface area contributed by atoms with E-state index in [0.717, 1.165) is 25.7 Å². The number of aliphatic carboxylic acids is 1. The van der Waals surface area contributed by atoms with E-state index >= 15 is 0 Å². The van der Waals surface area contributed by atoms with Crippen LogP contribution in [0.4, 0.5) is 0 Å². The van der Waals surface area contributed by atoms with Gasteiger partial charge in [-0.3, -0.25) is 9.59 Å². The lowest BCUT2D eigenvalue weighted by molar-refractivity contribution is -0.169. The highest BCUT2D eigenvalue weighted by molar-refractivity contribution is 5.79. The van der Waals surface area contributed by atoms with E-state index in [0.29, 0.717) is 17.8 Å². The SMILES string of the molecule is C=CCCC[C@H]1C2CC(C2)C[C@H]1OC(=O)C[C@H](C(=O)O)C(C)(C)C. The first-order valence-corrected chi connectivity index (χ1v) is 9.25. The Labute approximate surface area is 145 Å². The van der Waals surface area contributed by atoms with Crippen molar-refractivity contribution in [2.45, 2.75) is 71.8 Å². The van der Waals surface area contributed by atoms with Gasteiger partial charge in [0.25, 0.3) is 0 Å². The predicted octanol–water partition coefficient (Wildman–Crippen LogP) is 4.44. The van der Waals surface area contributed by atoms with Crippen LogP contribution in [0.2, 0.25) is 0 Å². The molecule has 3 atom stereocenters. The Hall–Kier alpha value is -1.32. The maximum atomic E-state index is 12.4. The molecule has 3 rings (SSSR count). The number of rotatable bonds is 8. The number of allylic oxidation sites excluding steroid dienone is 1. The van der Waals surface area contributed by atoms with Crippen LogP contribution in [-0.4, -0.2) is 23.1 Å². The number of carbonyl (C=O) groups is 2. The van der Waals surface area contributed by atoms with Crippen LogP contribution < -0.4 is 0 Å². The first kappa shape index (κ1) is 19.0. The van der Waals surface area contributed by atoms with Gasteiger partial charge in [0.05, 0.1) is 12.3 Å². The second-order valence-electron chi connectivity index (χ2n) is 8.71. The molecule has 0 radical (unpaired) electrons. The Balaban J connectivity index is 1.93. The molecule has 0 aliphatic heterocycles. The Morgan fingerprint density at radius 3 is 2.50 bits per heavy atom. The average Bonchev–Trinajstić information content (AvgIpc) is 2.43. The van der Waals surface area contributed by atoms with Gasteiger partial charge in [-0.25, -0.2) is 0 Å². The van der Waals surface area contributed by atoms with Crippen molar-refractivity contribution in [3.05, 3.63) is 12.7 Å². The number of carbonyl (C=O) groups excluding carboxylic acids is 1. The molecular formula is C20H32O4. The molecule has 0 amide bonds. The van der Waals surface area contributed by atoms with E-state index in [-0.39, 0.29) is 18.5 Å². The fourth-order valence-corrected chi connectivity index (χ4v) is 4.34. The van der Waals surface area contributed by atoms with Crippen molar-refractivity contribution in [3.8, 4) is 0 Å². The zero-order valence-electron chi connectivity index (χ0n) is 15.3. The van der Waals surface area contributed by atoms with Gasteiger partial charge >= 0.3 is 11.9 Å². The van der Waals surface area contributed by atoms with Crippen molar-refractivity contribution in [1.29, 1.82) is 0 Å². The third-order valence-electron chi connectivity index (χ3n) is 5.86. The average molecular weight is 336 g/mol. The summed E-state index contributed by atoms with van der Waals surface area (Å²) in [6.07, 6.45) is 8.53. The summed E-state index contributed by atoms with van der Waals surface area (Å²) in [5.41, 5.74) is -0.455. The van der Waals surface area contributed by atoms with Gasteiger partial charge in [0, 0.05) is 0 Å². The maximum Gasteiger partial charge on any atom is 0.307 e. The number of ether oxygens (including phenoxy) is 1. The van der Waals surface area contributed by atoms with Gasteiger partial charge in [-0.2, -0.15) is 0 Å². The molecule has 3 aliphatic rings. The topological polar surface area (TPSA) is 63.6 Å². The number of fused-ring (bicyclic) bond motifs is 2. The molecule has 3 fully saturated rings. The second-order valence-corrected chi connectivity index (χ2v) is 8.71. The molecule has 0 aromatic carbocycles. The van der Waals surface area contributed by atoms with Gasteiger partial charge in [-0.05, 0) is 61.7 Å². The van der Waals surface area contributed by atoms with Crippen LogP contribution in [0.25, 0.3) is 0 Å². The standard InChI is InChI=1S/C20H32O4/c1-5-6-7-8-15-14-9-13(10-14)11-17(15)24-18(21)12-16(19(22)23)20(2,3)4/h5,13-17H,1,6-12H2,2-4H3,(H,22,23)/t13?,14?,15-,16+,17+/m0/s1. The highest BCUT2D eigenvalue weighted by Gasteiger charge is 2.47. The normalized spacial score (nSPS) is 30.1. The number of esters is 1. The summed E-state index contributed by atoms with van der Waals surface area (Å²) in [6.45, 7) is 9.33. The molecule has 136 valence electrons. The number of hydrogen-bond donors (Lipinski definition) is 1. The van der Waals surface area contributed by atoms with Crippen LogP contribution in [-0.2, 0) is 14.3 Å². The molecule has 3 saturated carbocycles. The Kier molecular flexibility index (Phi) is 6.11. The molecule has 0 saturated heterocycles. The predicted molar refractivity (Wildman–Crippen MR) is 93.4 cm³/mol. The van der Waals surface area contributed by atoms with Crippen molar-refractivity contribution < 1.29 is 19.4 Å². The van der Waals surface area contributed by atoms with Gasteiger partial charge in [0.2, 0.25) is 0 Å². The van der Waals surface area contributed by atoms with Crippen LogP contribution in [0.1, 0.15) is 65.7 Å². The molecule has 1 N–H and O–H groups in total. The van der Waals surface area contributed by atoms with Gasteiger partial charge in [-0.15, -0.1) is 6.58 Å². The molecule has 0 unspecified atom stereocenters. The lowest BCUT2D eigenvalue weighted by Gasteiger charge is -2.50. The molecule has 4 nitrogen and oxygen atoms in total. The number of unbranched alkanes of at least 4 members (excludes halogenated alkanes) is 1. The summed E-state index contributed by atoms with van der Waals surface area (Å²) < 4.78 is 5.78. The lowest BCUT2D eigenvalue weighted by atomic mass is 9.58. The minimum Gasteiger partial charge on any atom is -0.481 e. The minimum absolute atomic E-state index is 0.0192. The zero-order valence-corrected chi connectivity index (χ0v) is 15.3. The van der Waals surface area contributed by atoms with Crippen LogP contribution in [0.5, 0.6) is 0 Å². The number of carboxylic acids is 1. The minimum atomic E-state index is -0.923. The second kappa shape index (κ2) is 7.71. The molecule has 0 aromatic heterocycles. The van der Waals surface area contributed by atoms with E-state index in [2.05, 4.69) is 6.58 Å². The highest BCUT2D eigenvalue weighted by atomic mass is 16.5. The molecule has 24 heavy (non-hydrogen) atoms. The molecule has 3 aliphatic carbocycles. The van der Waals surface area contributed by atoms with Gasteiger partial charge in [-0.1, -0.05) is 26.8 Å². The highest BCUT2D eigenvalue weighted by Crippen LogP contribution is 2.51. The molecular weight excluding hydrogens is 304 g/mol. The fraction of sp³-hybridized carbons (Fsp3) is 0.800. The molecule has 0 heterocycles. The van der Waals surface area contributed by atoms with Gasteiger partial charge in [0.1, 0.15) is 6.10 Å². The molecule has 0 spiro atoms. The van der Waals surface area contributed by atoms with Crippen molar-refractivity contribution in [1.82, 2.24) is 0 Å². The summed E-state index contributed by atoms with van der Waals surface area (Å²) in [5, 5.41) is 9.39. The number of hydrogen-bond acceptors (Lipinski definition) is 3. The monoisotopic (exact) mass is 336 g/mol. The lowest BCUT2D eigenvalue weighted by Crippen LogP contribution is -2.47. The van der Waals surface area contributed by atoms with Crippen molar-refractivity contribution >= 4 is 11.9 Å². The van der Waals surface area contributed by atoms with Crippen LogP contribution in [0.15, 0.2) is 12.7 Å². The molecule has 4 heteroatoms. The third kappa shape index (κ3) is 4.61. The summed E-state index contributed by atoms with van der Waals surface area (Å²) in [7, 11) is 0. The summed E-state index contributed by atoms with van der Waals surface area (Å²) >= 11 is 0. The largest absolute Gasteiger partial charge is 0.481 e. The van der Waals surface area contributed by atoms with E-state index in [1.165, 1.54) is 12.8 Å². The van der Waals surface area contributed by atoms with E-state index in [1.807, 2.05) is 26.8 Å². The van der Waals surface area contributed by atoms with E-state index < -0.39 is 17.3 Å². The van der Waals surface area contributed by atoms with E-state index in [9.17, 15) is 14.7 Å². The van der Waals surface area contributed by atoms with Gasteiger partial charge in [0.15, 0.2) is 0 Å². The summed E-state index contributed by atoms with van der Waals surface area (Å²) in [5.74, 6) is -0.157. The van der Waals surface area contributed by atoms with E-state index in [4.69, 9.17) is 4.74 Å². The summed E-state index contributed by atoms with van der Waals surface area (Å²) in [6, 6.07) is 0. The zero-order chi connectivity index (χ0) is 17.9. The van der Waals surface area contributed by atoms with Crippen LogP contribution >= 0.6 is 0 Å². The van der Waals surface area contributed by atoms with Crippen LogP contribution in [0, 0.1) is 29.1 Å². The van der Waals surface area contributed by atoms with Gasteiger partial charge < -0.3 is 9.84 Å². The first-order valence-electron chi connectivity index (χ1n) is 9.25. The van der Waals surface area contributed by atoms with Crippen molar-refractivity contribution in [2.75, 3.05) is 0 Å². The summed E-state index contributed by atoms with van der Waals surface area (Å²) in [4.78, 5) is 23.8. The quantitative estimate of drug-likeness (QED) is 0.404. The molecule has 0 aromatic rings. The maximum absolute atomic E-state index is 12.4. The Morgan fingerprint density at radius 2 is 1.96 bits per heavy atom. The molecule has 2 bridgehead atoms. The van der Waals surface area contributed by atoms with Crippen LogP contribution in [0.3, 0.4) is 0 Å². The van der Waals surface area contributed by atoms with Crippen molar-refractivity contribution in [3.63, 3.8) is 0 Å². The Bertz CT molecular complexity index is 471. The first-order chi connectivity index (χ1) is 11.2. The number of carboxylic acid groups (broad SMARTS) is 1.